The minimum absolute atomic E-state index is 0.00600. The molecule has 202 valence electrons. The number of rotatable bonds is 4. The smallest absolute Gasteiger partial charge is 0.416 e. The van der Waals surface area contributed by atoms with E-state index < -0.39 is 17.8 Å². The SMILES string of the molecule is O=C(OCc1ccc(C(F)(F)F)cc1)N1CCN(C2CCN(C(=O)c3ccc4[nH]c(=S)[nH]c4c3)CC2)CC1. The number of nitrogens with zero attached hydrogens (tertiary/aromatic N) is 3. The van der Waals surface area contributed by atoms with Crippen molar-refractivity contribution in [2.45, 2.75) is 31.7 Å². The summed E-state index contributed by atoms with van der Waals surface area (Å²) in [7, 11) is 0. The molecule has 0 bridgehead atoms. The van der Waals surface area contributed by atoms with Crippen LogP contribution >= 0.6 is 12.2 Å². The average molecular weight is 548 g/mol. The maximum Gasteiger partial charge on any atom is 0.416 e. The first-order chi connectivity index (χ1) is 18.2. The van der Waals surface area contributed by atoms with E-state index in [0.29, 0.717) is 61.2 Å². The van der Waals surface area contributed by atoms with Gasteiger partial charge in [-0.25, -0.2) is 4.79 Å². The van der Waals surface area contributed by atoms with Gasteiger partial charge in [-0.1, -0.05) is 12.1 Å². The number of hydrogen-bond acceptors (Lipinski definition) is 5. The van der Waals surface area contributed by atoms with Gasteiger partial charge in [-0.05, 0) is 61.0 Å². The number of fused-ring (bicyclic) bond motifs is 1. The van der Waals surface area contributed by atoms with E-state index in [9.17, 15) is 22.8 Å². The number of imidazole rings is 1. The van der Waals surface area contributed by atoms with Crippen LogP contribution in [0.2, 0.25) is 0 Å². The van der Waals surface area contributed by atoms with Gasteiger partial charge in [-0.2, -0.15) is 13.2 Å². The zero-order chi connectivity index (χ0) is 26.9. The van der Waals surface area contributed by atoms with E-state index in [2.05, 4.69) is 14.9 Å². The Bertz CT molecular complexity index is 1350. The van der Waals surface area contributed by atoms with E-state index >= 15 is 0 Å². The molecule has 0 unspecified atom stereocenters. The number of carbonyl (C=O) groups excluding carboxylic acids is 2. The van der Waals surface area contributed by atoms with Gasteiger partial charge in [0.1, 0.15) is 6.61 Å². The molecule has 2 aliphatic rings. The van der Waals surface area contributed by atoms with Crippen LogP contribution in [0, 0.1) is 4.77 Å². The summed E-state index contributed by atoms with van der Waals surface area (Å²) in [5.74, 6) is 0.00600. The standard InChI is InChI=1S/C26H28F3N5O3S/c27-26(28,29)19-4-1-17(2-5-19)16-37-25(36)34-13-11-32(12-14-34)20-7-9-33(10-8-20)23(35)18-3-6-21-22(15-18)31-24(38)30-21/h1-6,15,20H,7-14,16H2,(H2,30,31,38). The van der Waals surface area contributed by atoms with E-state index in [-0.39, 0.29) is 12.5 Å². The van der Waals surface area contributed by atoms with Crippen molar-refractivity contribution in [3.05, 3.63) is 63.9 Å². The normalized spacial score (nSPS) is 17.7. The molecule has 2 amide bonds. The summed E-state index contributed by atoms with van der Waals surface area (Å²) in [5, 5.41) is 0. The number of benzene rings is 2. The van der Waals surface area contributed by atoms with Crippen LogP contribution in [0.4, 0.5) is 18.0 Å². The summed E-state index contributed by atoms with van der Waals surface area (Å²) in [6, 6.07) is 10.4. The Morgan fingerprint density at radius 1 is 0.895 bits per heavy atom. The summed E-state index contributed by atoms with van der Waals surface area (Å²) >= 11 is 5.12. The zero-order valence-corrected chi connectivity index (χ0v) is 21.4. The van der Waals surface area contributed by atoms with Crippen molar-refractivity contribution in [3.63, 3.8) is 0 Å². The van der Waals surface area contributed by atoms with Crippen molar-refractivity contribution >= 4 is 35.3 Å². The quantitative estimate of drug-likeness (QED) is 0.459. The van der Waals surface area contributed by atoms with Crippen LogP contribution in [0.25, 0.3) is 11.0 Å². The minimum Gasteiger partial charge on any atom is -0.445 e. The molecule has 2 N–H and O–H groups in total. The summed E-state index contributed by atoms with van der Waals surface area (Å²) in [6.45, 7) is 3.70. The Labute approximate surface area is 222 Å². The lowest BCUT2D eigenvalue weighted by molar-refractivity contribution is -0.137. The van der Waals surface area contributed by atoms with E-state index in [4.69, 9.17) is 17.0 Å². The summed E-state index contributed by atoms with van der Waals surface area (Å²) < 4.78 is 43.9. The van der Waals surface area contributed by atoms with E-state index in [1.165, 1.54) is 12.1 Å². The predicted molar refractivity (Wildman–Crippen MR) is 137 cm³/mol. The molecule has 5 rings (SSSR count). The number of nitrogens with one attached hydrogen (secondary N) is 2. The fourth-order valence-electron chi connectivity index (χ4n) is 5.08. The molecule has 1 aromatic heterocycles. The average Bonchev–Trinajstić information content (AvgIpc) is 3.30. The molecule has 0 spiro atoms. The fraction of sp³-hybridized carbons (Fsp3) is 0.423. The second kappa shape index (κ2) is 10.8. The first-order valence-electron chi connectivity index (χ1n) is 12.5. The Kier molecular flexibility index (Phi) is 7.44. The van der Waals surface area contributed by atoms with Gasteiger partial charge in [-0.15, -0.1) is 0 Å². The number of aromatic nitrogens is 2. The lowest BCUT2D eigenvalue weighted by Gasteiger charge is -2.42. The number of carbonyl (C=O) groups is 2. The number of piperidine rings is 1. The van der Waals surface area contributed by atoms with Crippen molar-refractivity contribution in [2.75, 3.05) is 39.3 Å². The van der Waals surface area contributed by atoms with Gasteiger partial charge in [0.05, 0.1) is 16.6 Å². The van der Waals surface area contributed by atoms with Crippen LogP contribution in [-0.2, 0) is 17.5 Å². The minimum atomic E-state index is -4.40. The van der Waals surface area contributed by atoms with Crippen LogP contribution in [-0.4, -0.2) is 82.0 Å². The summed E-state index contributed by atoms with van der Waals surface area (Å²) in [4.78, 5) is 37.4. The molecule has 3 aromatic rings. The number of halogens is 3. The number of alkyl halides is 3. The molecule has 8 nitrogen and oxygen atoms in total. The zero-order valence-electron chi connectivity index (χ0n) is 20.6. The second-order valence-corrected chi connectivity index (χ2v) is 10.0. The molecule has 0 aliphatic carbocycles. The van der Waals surface area contributed by atoms with E-state index in [1.807, 2.05) is 23.1 Å². The van der Waals surface area contributed by atoms with Gasteiger partial charge in [0.2, 0.25) is 0 Å². The summed E-state index contributed by atoms with van der Waals surface area (Å²) in [6.07, 6.45) is -3.14. The number of amides is 2. The first-order valence-corrected chi connectivity index (χ1v) is 12.9. The first kappa shape index (κ1) is 26.2. The van der Waals surface area contributed by atoms with Crippen LogP contribution in [0.15, 0.2) is 42.5 Å². The molecule has 0 atom stereocenters. The topological polar surface area (TPSA) is 84.7 Å². The van der Waals surface area contributed by atoms with Crippen molar-refractivity contribution in [3.8, 4) is 0 Å². The van der Waals surface area contributed by atoms with Gasteiger partial charge in [0, 0.05) is 50.9 Å². The molecule has 0 radical (unpaired) electrons. The van der Waals surface area contributed by atoms with Crippen molar-refractivity contribution < 1.29 is 27.5 Å². The van der Waals surface area contributed by atoms with Crippen LogP contribution in [0.1, 0.15) is 34.3 Å². The highest BCUT2D eigenvalue weighted by molar-refractivity contribution is 7.71. The third kappa shape index (κ3) is 5.86. The molecule has 0 saturated carbocycles. The van der Waals surface area contributed by atoms with Gasteiger partial charge >= 0.3 is 12.3 Å². The monoisotopic (exact) mass is 547 g/mol. The van der Waals surface area contributed by atoms with Crippen molar-refractivity contribution in [2.24, 2.45) is 0 Å². The molecular formula is C26H28F3N5O3S. The molecular weight excluding hydrogens is 519 g/mol. The largest absolute Gasteiger partial charge is 0.445 e. The van der Waals surface area contributed by atoms with Crippen molar-refractivity contribution in [1.29, 1.82) is 0 Å². The molecule has 3 heterocycles. The van der Waals surface area contributed by atoms with E-state index in [1.54, 1.807) is 4.90 Å². The van der Waals surface area contributed by atoms with Gasteiger partial charge in [0.25, 0.3) is 5.91 Å². The third-order valence-electron chi connectivity index (χ3n) is 7.25. The van der Waals surface area contributed by atoms with E-state index in [0.717, 1.165) is 36.0 Å². The van der Waals surface area contributed by atoms with Gasteiger partial charge in [0.15, 0.2) is 4.77 Å². The molecule has 2 fully saturated rings. The lowest BCUT2D eigenvalue weighted by Crippen LogP contribution is -2.54. The number of piperazine rings is 1. The van der Waals surface area contributed by atoms with Gasteiger partial charge in [-0.3, -0.25) is 9.69 Å². The second-order valence-electron chi connectivity index (χ2n) is 9.64. The molecule has 12 heteroatoms. The molecule has 2 aliphatic heterocycles. The number of ether oxygens (including phenoxy) is 1. The lowest BCUT2D eigenvalue weighted by atomic mass is 10.0. The Hall–Kier alpha value is -3.38. The Balaban J connectivity index is 1.06. The number of hydrogen-bond donors (Lipinski definition) is 2. The maximum absolute atomic E-state index is 13.0. The predicted octanol–water partition coefficient (Wildman–Crippen LogP) is 4.80. The number of aromatic amines is 2. The highest BCUT2D eigenvalue weighted by Crippen LogP contribution is 2.29. The Morgan fingerprint density at radius 2 is 1.55 bits per heavy atom. The Morgan fingerprint density at radius 3 is 2.21 bits per heavy atom. The fourth-order valence-corrected chi connectivity index (χ4v) is 5.30. The molecule has 2 aromatic carbocycles. The maximum atomic E-state index is 13.0. The summed E-state index contributed by atoms with van der Waals surface area (Å²) in [5.41, 5.74) is 2.08. The highest BCUT2D eigenvalue weighted by Gasteiger charge is 2.32. The van der Waals surface area contributed by atoms with Gasteiger partial charge < -0.3 is 24.5 Å². The van der Waals surface area contributed by atoms with Crippen LogP contribution in [0.5, 0.6) is 0 Å². The number of likely N-dealkylation sites (tertiary alicyclic amines) is 1. The van der Waals surface area contributed by atoms with Crippen molar-refractivity contribution in [1.82, 2.24) is 24.7 Å². The highest BCUT2D eigenvalue weighted by atomic mass is 32.1. The molecule has 2 saturated heterocycles. The van der Waals surface area contributed by atoms with Crippen LogP contribution in [0.3, 0.4) is 0 Å². The number of H-pyrrole nitrogens is 2. The third-order valence-corrected chi connectivity index (χ3v) is 7.45. The molecule has 38 heavy (non-hydrogen) atoms. The van der Waals surface area contributed by atoms with Crippen LogP contribution < -0.4 is 0 Å².